The zero-order chi connectivity index (χ0) is 13.3. The smallest absolute Gasteiger partial charge is 0.143 e. The highest BCUT2D eigenvalue weighted by Gasteiger charge is 2.29. The van der Waals surface area contributed by atoms with E-state index in [0.717, 1.165) is 18.1 Å². The normalized spacial score (nSPS) is 17.0. The fourth-order valence-corrected chi connectivity index (χ4v) is 3.26. The summed E-state index contributed by atoms with van der Waals surface area (Å²) < 4.78 is 1.21. The minimum Gasteiger partial charge on any atom is -0.372 e. The Hall–Kier alpha value is -0.390. The van der Waals surface area contributed by atoms with Gasteiger partial charge in [0.2, 0.25) is 0 Å². The van der Waals surface area contributed by atoms with Gasteiger partial charge in [0.1, 0.15) is 11.6 Å². The van der Waals surface area contributed by atoms with E-state index in [2.05, 4.69) is 53.7 Å². The first-order valence-electron chi connectivity index (χ1n) is 6.78. The maximum Gasteiger partial charge on any atom is 0.143 e. The topological polar surface area (TPSA) is 37.8 Å². The first kappa shape index (κ1) is 14.0. The molecule has 2 rings (SSSR count). The van der Waals surface area contributed by atoms with E-state index in [1.54, 1.807) is 0 Å². The Balaban J connectivity index is 2.32. The van der Waals surface area contributed by atoms with Crippen LogP contribution in [0, 0.1) is 9.49 Å². The molecule has 1 N–H and O–H groups in total. The molecule has 3 nitrogen and oxygen atoms in total. The SMILES string of the molecule is CNc1nc(C(C)CC(C)C)nc(C2CC2)c1I. The van der Waals surface area contributed by atoms with Crippen molar-refractivity contribution in [2.45, 2.75) is 51.9 Å². The van der Waals surface area contributed by atoms with E-state index >= 15 is 0 Å². The van der Waals surface area contributed by atoms with Gasteiger partial charge in [0, 0.05) is 18.9 Å². The second-order valence-electron chi connectivity index (χ2n) is 5.68. The first-order chi connectivity index (χ1) is 8.52. The van der Waals surface area contributed by atoms with Crippen LogP contribution >= 0.6 is 22.6 Å². The minimum absolute atomic E-state index is 0.437. The van der Waals surface area contributed by atoms with E-state index in [1.807, 2.05) is 7.05 Å². The highest BCUT2D eigenvalue weighted by Crippen LogP contribution is 2.42. The van der Waals surface area contributed by atoms with Gasteiger partial charge in [-0.15, -0.1) is 0 Å². The first-order valence-corrected chi connectivity index (χ1v) is 7.85. The van der Waals surface area contributed by atoms with Gasteiger partial charge in [-0.2, -0.15) is 0 Å². The number of nitrogens with zero attached hydrogens (tertiary/aromatic N) is 2. The number of nitrogens with one attached hydrogen (secondary N) is 1. The highest BCUT2D eigenvalue weighted by atomic mass is 127. The summed E-state index contributed by atoms with van der Waals surface area (Å²) in [6, 6.07) is 0. The summed E-state index contributed by atoms with van der Waals surface area (Å²) in [5, 5.41) is 3.21. The molecule has 1 heterocycles. The monoisotopic (exact) mass is 359 g/mol. The van der Waals surface area contributed by atoms with Crippen LogP contribution in [0.2, 0.25) is 0 Å². The summed E-state index contributed by atoms with van der Waals surface area (Å²) in [7, 11) is 1.94. The van der Waals surface area contributed by atoms with Crippen LogP contribution < -0.4 is 5.32 Å². The van der Waals surface area contributed by atoms with E-state index in [-0.39, 0.29) is 0 Å². The molecule has 4 heteroatoms. The van der Waals surface area contributed by atoms with Gasteiger partial charge in [0.15, 0.2) is 0 Å². The Morgan fingerprint density at radius 2 is 1.94 bits per heavy atom. The lowest BCUT2D eigenvalue weighted by Gasteiger charge is -2.16. The van der Waals surface area contributed by atoms with Crippen molar-refractivity contribution in [1.29, 1.82) is 0 Å². The van der Waals surface area contributed by atoms with Crippen molar-refractivity contribution in [3.05, 3.63) is 15.1 Å². The van der Waals surface area contributed by atoms with E-state index in [0.29, 0.717) is 17.8 Å². The number of hydrogen-bond donors (Lipinski definition) is 1. The number of rotatable bonds is 5. The van der Waals surface area contributed by atoms with Crippen molar-refractivity contribution < 1.29 is 0 Å². The summed E-state index contributed by atoms with van der Waals surface area (Å²) >= 11 is 2.37. The number of hydrogen-bond acceptors (Lipinski definition) is 3. The molecule has 0 bridgehead atoms. The Bertz CT molecular complexity index is 427. The molecule has 1 aromatic heterocycles. The fraction of sp³-hybridized carbons (Fsp3) is 0.714. The van der Waals surface area contributed by atoms with Crippen LogP contribution in [0.25, 0.3) is 0 Å². The fourth-order valence-electron chi connectivity index (χ4n) is 2.31. The molecule has 1 aliphatic rings. The third-order valence-electron chi connectivity index (χ3n) is 3.36. The van der Waals surface area contributed by atoms with Crippen molar-refractivity contribution in [3.8, 4) is 0 Å². The van der Waals surface area contributed by atoms with Crippen LogP contribution in [0.5, 0.6) is 0 Å². The molecule has 1 aromatic rings. The molecule has 1 unspecified atom stereocenters. The number of halogens is 1. The summed E-state index contributed by atoms with van der Waals surface area (Å²) in [6.07, 6.45) is 3.72. The molecule has 0 aliphatic heterocycles. The maximum absolute atomic E-state index is 4.84. The minimum atomic E-state index is 0.437. The van der Waals surface area contributed by atoms with Gasteiger partial charge in [-0.25, -0.2) is 9.97 Å². The zero-order valence-corrected chi connectivity index (χ0v) is 13.8. The molecule has 0 saturated heterocycles. The molecule has 0 spiro atoms. The van der Waals surface area contributed by atoms with E-state index in [4.69, 9.17) is 4.98 Å². The molecular formula is C14H22IN3. The summed E-state index contributed by atoms with van der Waals surface area (Å²) in [5.41, 5.74) is 1.26. The van der Waals surface area contributed by atoms with Gasteiger partial charge in [-0.1, -0.05) is 20.8 Å². The largest absolute Gasteiger partial charge is 0.372 e. The van der Waals surface area contributed by atoms with Gasteiger partial charge in [0.05, 0.1) is 9.26 Å². The summed E-state index contributed by atoms with van der Waals surface area (Å²) in [6.45, 7) is 6.74. The van der Waals surface area contributed by atoms with Gasteiger partial charge in [-0.3, -0.25) is 0 Å². The van der Waals surface area contributed by atoms with Crippen molar-refractivity contribution in [1.82, 2.24) is 9.97 Å². The second kappa shape index (κ2) is 5.72. The molecular weight excluding hydrogens is 337 g/mol. The Morgan fingerprint density at radius 3 is 2.44 bits per heavy atom. The van der Waals surface area contributed by atoms with E-state index < -0.39 is 0 Å². The van der Waals surface area contributed by atoms with Crippen LogP contribution in [0.3, 0.4) is 0 Å². The summed E-state index contributed by atoms with van der Waals surface area (Å²) in [4.78, 5) is 9.52. The quantitative estimate of drug-likeness (QED) is 0.803. The Kier molecular flexibility index (Phi) is 4.45. The average molecular weight is 359 g/mol. The molecule has 0 aromatic carbocycles. The predicted octanol–water partition coefficient (Wildman–Crippen LogP) is 4.15. The van der Waals surface area contributed by atoms with Crippen molar-refractivity contribution in [2.24, 2.45) is 5.92 Å². The molecule has 100 valence electrons. The lowest BCUT2D eigenvalue weighted by molar-refractivity contribution is 0.506. The zero-order valence-electron chi connectivity index (χ0n) is 11.6. The molecule has 0 radical (unpaired) electrons. The lowest BCUT2D eigenvalue weighted by atomic mass is 9.98. The van der Waals surface area contributed by atoms with Crippen LogP contribution in [-0.2, 0) is 0 Å². The van der Waals surface area contributed by atoms with Crippen LogP contribution in [-0.4, -0.2) is 17.0 Å². The highest BCUT2D eigenvalue weighted by molar-refractivity contribution is 14.1. The van der Waals surface area contributed by atoms with Crippen LogP contribution in [0.4, 0.5) is 5.82 Å². The van der Waals surface area contributed by atoms with Crippen LogP contribution in [0.15, 0.2) is 0 Å². The second-order valence-corrected chi connectivity index (χ2v) is 6.76. The van der Waals surface area contributed by atoms with Gasteiger partial charge in [0.25, 0.3) is 0 Å². The van der Waals surface area contributed by atoms with Crippen molar-refractivity contribution in [2.75, 3.05) is 12.4 Å². The third kappa shape index (κ3) is 3.13. The molecule has 1 aliphatic carbocycles. The Morgan fingerprint density at radius 1 is 1.28 bits per heavy atom. The average Bonchev–Trinajstić information content (AvgIpc) is 3.12. The summed E-state index contributed by atoms with van der Waals surface area (Å²) in [5.74, 6) is 3.81. The maximum atomic E-state index is 4.84. The van der Waals surface area contributed by atoms with Crippen molar-refractivity contribution in [3.63, 3.8) is 0 Å². The van der Waals surface area contributed by atoms with Gasteiger partial charge >= 0.3 is 0 Å². The molecule has 1 atom stereocenters. The van der Waals surface area contributed by atoms with E-state index in [9.17, 15) is 0 Å². The van der Waals surface area contributed by atoms with Gasteiger partial charge < -0.3 is 5.32 Å². The third-order valence-corrected chi connectivity index (χ3v) is 4.42. The standard InChI is InChI=1S/C14H22IN3/c1-8(2)7-9(3)13-17-12(10-5-6-10)11(15)14(16-4)18-13/h8-10H,5-7H2,1-4H3,(H,16,17,18). The molecule has 1 fully saturated rings. The molecule has 0 amide bonds. The van der Waals surface area contributed by atoms with Crippen molar-refractivity contribution >= 4 is 28.4 Å². The number of aromatic nitrogens is 2. The lowest BCUT2D eigenvalue weighted by Crippen LogP contribution is -2.10. The Labute approximate surface area is 123 Å². The number of anilines is 1. The van der Waals surface area contributed by atoms with E-state index in [1.165, 1.54) is 22.1 Å². The molecule has 18 heavy (non-hydrogen) atoms. The predicted molar refractivity (Wildman–Crippen MR) is 84.1 cm³/mol. The van der Waals surface area contributed by atoms with Gasteiger partial charge in [-0.05, 0) is 47.8 Å². The van der Waals surface area contributed by atoms with Crippen LogP contribution in [0.1, 0.15) is 63.4 Å². The molecule has 1 saturated carbocycles.